The lowest BCUT2D eigenvalue weighted by molar-refractivity contribution is -0.145. The smallest absolute Gasteiger partial charge is 0.325 e. The third kappa shape index (κ3) is 13.2. The summed E-state index contributed by atoms with van der Waals surface area (Å²) in [7, 11) is 0. The first kappa shape index (κ1) is 22.4. The number of ether oxygens (including phenoxy) is 1. The fourth-order valence-electron chi connectivity index (χ4n) is 1.15. The number of esters is 1. The van der Waals surface area contributed by atoms with Crippen molar-refractivity contribution in [3.8, 4) is 0 Å². The Bertz CT molecular complexity index is 389. The maximum Gasteiger partial charge on any atom is 0.325 e. The van der Waals surface area contributed by atoms with Crippen molar-refractivity contribution in [2.24, 2.45) is 5.92 Å². The molecule has 0 spiro atoms. The zero-order chi connectivity index (χ0) is 17.4. The van der Waals surface area contributed by atoms with E-state index in [4.69, 9.17) is 4.74 Å². The zero-order valence-corrected chi connectivity index (χ0v) is 14.8. The summed E-state index contributed by atoms with van der Waals surface area (Å²) in [6, 6.07) is 9.40. The highest BCUT2D eigenvalue weighted by Gasteiger charge is 2.09. The molecule has 1 aromatic rings. The number of benzene rings is 1. The van der Waals surface area contributed by atoms with E-state index in [1.54, 1.807) is 13.8 Å². The van der Waals surface area contributed by atoms with Crippen molar-refractivity contribution in [1.29, 1.82) is 0 Å². The molecule has 4 nitrogen and oxygen atoms in total. The van der Waals surface area contributed by atoms with Crippen molar-refractivity contribution in [2.45, 2.75) is 54.6 Å². The molecule has 126 valence electrons. The van der Waals surface area contributed by atoms with Crippen LogP contribution in [-0.2, 0) is 20.9 Å². The molecule has 1 aromatic carbocycles. The van der Waals surface area contributed by atoms with Crippen molar-refractivity contribution in [1.82, 2.24) is 5.32 Å². The van der Waals surface area contributed by atoms with Crippen LogP contribution >= 0.6 is 0 Å². The average molecular weight is 309 g/mol. The zero-order valence-electron chi connectivity index (χ0n) is 14.8. The number of amides is 1. The first-order chi connectivity index (χ1) is 10.5. The van der Waals surface area contributed by atoms with E-state index in [0.29, 0.717) is 0 Å². The van der Waals surface area contributed by atoms with Gasteiger partial charge in [-0.1, -0.05) is 78.3 Å². The van der Waals surface area contributed by atoms with Gasteiger partial charge in [-0.2, -0.15) is 0 Å². The van der Waals surface area contributed by atoms with E-state index < -0.39 is 5.97 Å². The number of hydrogen-bond donors (Lipinski definition) is 1. The molecule has 0 fully saturated rings. The van der Waals surface area contributed by atoms with Crippen LogP contribution in [0.3, 0.4) is 0 Å². The van der Waals surface area contributed by atoms with Crippen LogP contribution in [0.15, 0.2) is 30.3 Å². The molecule has 1 N–H and O–H groups in total. The Balaban J connectivity index is 0. The van der Waals surface area contributed by atoms with E-state index in [0.717, 1.165) is 5.56 Å². The molecule has 0 unspecified atom stereocenters. The lowest BCUT2D eigenvalue weighted by Gasteiger charge is -2.08. The van der Waals surface area contributed by atoms with E-state index in [1.807, 2.05) is 44.2 Å². The second kappa shape index (κ2) is 15.5. The largest absolute Gasteiger partial charge is 0.460 e. The van der Waals surface area contributed by atoms with Gasteiger partial charge in [0.2, 0.25) is 5.91 Å². The number of rotatable bonds is 5. The molecule has 0 aliphatic carbocycles. The minimum Gasteiger partial charge on any atom is -0.460 e. The second-order valence-corrected chi connectivity index (χ2v) is 4.73. The van der Waals surface area contributed by atoms with Crippen LogP contribution in [0, 0.1) is 5.92 Å². The number of carbonyl (C=O) groups excluding carboxylic acids is 2. The Morgan fingerprint density at radius 1 is 1.09 bits per heavy atom. The molecular formula is C18H31NO3. The van der Waals surface area contributed by atoms with Gasteiger partial charge in [0.15, 0.2) is 0 Å². The van der Waals surface area contributed by atoms with Gasteiger partial charge < -0.3 is 10.1 Å². The first-order valence-electron chi connectivity index (χ1n) is 7.98. The topological polar surface area (TPSA) is 55.4 Å². The highest BCUT2D eigenvalue weighted by Crippen LogP contribution is 2.00. The highest BCUT2D eigenvalue weighted by molar-refractivity contribution is 5.82. The number of hydrogen-bond acceptors (Lipinski definition) is 3. The van der Waals surface area contributed by atoms with E-state index >= 15 is 0 Å². The Morgan fingerprint density at radius 3 is 2.05 bits per heavy atom. The molecule has 22 heavy (non-hydrogen) atoms. The lowest BCUT2D eigenvalue weighted by Crippen LogP contribution is -2.33. The minimum absolute atomic E-state index is 0.0795. The van der Waals surface area contributed by atoms with Crippen molar-refractivity contribution >= 4 is 11.9 Å². The molecule has 0 aromatic heterocycles. The van der Waals surface area contributed by atoms with Crippen molar-refractivity contribution in [2.75, 3.05) is 6.54 Å². The highest BCUT2D eigenvalue weighted by atomic mass is 16.5. The van der Waals surface area contributed by atoms with Crippen LogP contribution in [0.5, 0.6) is 0 Å². The summed E-state index contributed by atoms with van der Waals surface area (Å²) in [5.41, 5.74) is 0.927. The average Bonchev–Trinajstić information content (AvgIpc) is 2.54. The van der Waals surface area contributed by atoms with Crippen LogP contribution in [0.4, 0.5) is 0 Å². The fraction of sp³-hybridized carbons (Fsp3) is 0.556. The minimum atomic E-state index is -0.428. The van der Waals surface area contributed by atoms with Gasteiger partial charge in [0.25, 0.3) is 0 Å². The molecule has 0 saturated carbocycles. The SMILES string of the molecule is CC.CC(C)C(=O)NCC(=O)OCc1ccccc1.CCC. The van der Waals surface area contributed by atoms with E-state index in [2.05, 4.69) is 19.2 Å². The fourth-order valence-corrected chi connectivity index (χ4v) is 1.15. The van der Waals surface area contributed by atoms with E-state index in [1.165, 1.54) is 6.42 Å². The van der Waals surface area contributed by atoms with Gasteiger partial charge in [-0.25, -0.2) is 0 Å². The molecule has 0 aliphatic rings. The summed E-state index contributed by atoms with van der Waals surface area (Å²) >= 11 is 0. The van der Waals surface area contributed by atoms with E-state index in [9.17, 15) is 9.59 Å². The van der Waals surface area contributed by atoms with Crippen LogP contribution in [0.25, 0.3) is 0 Å². The molecule has 0 heterocycles. The first-order valence-corrected chi connectivity index (χ1v) is 7.98. The number of nitrogens with one attached hydrogen (secondary N) is 1. The van der Waals surface area contributed by atoms with Crippen LogP contribution < -0.4 is 5.32 Å². The van der Waals surface area contributed by atoms with Gasteiger partial charge in [-0.3, -0.25) is 9.59 Å². The van der Waals surface area contributed by atoms with E-state index in [-0.39, 0.29) is 25.0 Å². The summed E-state index contributed by atoms with van der Waals surface area (Å²) in [5.74, 6) is -0.707. The molecule has 1 rings (SSSR count). The Kier molecular flexibility index (Phi) is 15.9. The molecule has 4 heteroatoms. The molecule has 0 bridgehead atoms. The summed E-state index contributed by atoms with van der Waals surface area (Å²) in [6.45, 7) is 11.9. The predicted molar refractivity (Wildman–Crippen MR) is 91.4 cm³/mol. The van der Waals surface area contributed by atoms with Crippen LogP contribution in [-0.4, -0.2) is 18.4 Å². The Labute approximate surface area is 135 Å². The molecule has 0 atom stereocenters. The summed E-state index contributed by atoms with van der Waals surface area (Å²) < 4.78 is 5.00. The molecule has 0 saturated heterocycles. The standard InChI is InChI=1S/C13H17NO3.C3H8.C2H6/c1-10(2)13(16)14-8-12(15)17-9-11-6-4-3-5-7-11;1-3-2;1-2/h3-7,10H,8-9H2,1-2H3,(H,14,16);3H2,1-2H3;1-2H3. The van der Waals surface area contributed by atoms with Gasteiger partial charge in [0.05, 0.1) is 0 Å². The Morgan fingerprint density at radius 2 is 1.59 bits per heavy atom. The normalized spacial score (nSPS) is 8.86. The quantitative estimate of drug-likeness (QED) is 0.838. The van der Waals surface area contributed by atoms with Gasteiger partial charge in [0, 0.05) is 5.92 Å². The summed E-state index contributed by atoms with van der Waals surface area (Å²) in [6.07, 6.45) is 1.25. The maximum absolute atomic E-state index is 11.3. The van der Waals surface area contributed by atoms with Gasteiger partial charge >= 0.3 is 5.97 Å². The number of carbonyl (C=O) groups is 2. The van der Waals surface area contributed by atoms with Crippen molar-refractivity contribution in [3.63, 3.8) is 0 Å². The van der Waals surface area contributed by atoms with Crippen LogP contribution in [0.2, 0.25) is 0 Å². The third-order valence-corrected chi connectivity index (χ3v) is 2.17. The van der Waals surface area contributed by atoms with Crippen molar-refractivity contribution in [3.05, 3.63) is 35.9 Å². The Hall–Kier alpha value is -1.84. The summed E-state index contributed by atoms with van der Waals surface area (Å²) in [5, 5.41) is 2.50. The molecule has 1 amide bonds. The van der Waals surface area contributed by atoms with Crippen LogP contribution in [0.1, 0.15) is 53.5 Å². The molecule has 0 radical (unpaired) electrons. The maximum atomic E-state index is 11.3. The molecule has 0 aliphatic heterocycles. The molecular weight excluding hydrogens is 278 g/mol. The predicted octanol–water partition coefficient (Wildman–Crippen LogP) is 3.94. The third-order valence-electron chi connectivity index (χ3n) is 2.17. The second-order valence-electron chi connectivity index (χ2n) is 4.73. The lowest BCUT2D eigenvalue weighted by atomic mass is 10.2. The van der Waals surface area contributed by atoms with Crippen molar-refractivity contribution < 1.29 is 14.3 Å². The van der Waals surface area contributed by atoms with Gasteiger partial charge in [-0.05, 0) is 5.56 Å². The van der Waals surface area contributed by atoms with Gasteiger partial charge in [-0.15, -0.1) is 0 Å². The monoisotopic (exact) mass is 309 g/mol. The summed E-state index contributed by atoms with van der Waals surface area (Å²) in [4.78, 5) is 22.5. The van der Waals surface area contributed by atoms with Gasteiger partial charge in [0.1, 0.15) is 13.2 Å².